The van der Waals surface area contributed by atoms with Crippen molar-refractivity contribution < 1.29 is 13.6 Å². The fraction of sp³-hybridized carbons (Fsp3) is 0.0588. The highest BCUT2D eigenvalue weighted by Gasteiger charge is 2.19. The summed E-state index contributed by atoms with van der Waals surface area (Å²) in [5.74, 6) is 0.725. The van der Waals surface area contributed by atoms with Crippen molar-refractivity contribution in [3.8, 4) is 11.3 Å². The zero-order chi connectivity index (χ0) is 16.7. The molecule has 0 saturated carbocycles. The molecule has 4 aromatic rings. The number of carbonyl (C=O) groups excluding carboxylic acids is 1. The molecule has 5 nitrogen and oxygen atoms in total. The average molecular weight is 341 g/mol. The van der Waals surface area contributed by atoms with E-state index in [1.807, 2.05) is 11.6 Å². The van der Waals surface area contributed by atoms with Gasteiger partial charge in [0.25, 0.3) is 5.91 Å². The number of anilines is 1. The Morgan fingerprint density at radius 3 is 2.75 bits per heavy atom. The molecule has 0 radical (unpaired) electrons. The maximum Gasteiger partial charge on any atom is 0.292 e. The van der Waals surface area contributed by atoms with Crippen molar-refractivity contribution in [2.75, 3.05) is 5.32 Å². The van der Waals surface area contributed by atoms with Crippen LogP contribution in [0.5, 0.6) is 0 Å². The molecule has 3 aromatic heterocycles. The van der Waals surface area contributed by atoms with Crippen LogP contribution >= 0.6 is 11.3 Å². The second-order valence-electron chi connectivity index (χ2n) is 5.24. The first-order chi connectivity index (χ1) is 11.6. The minimum absolute atomic E-state index is 0.225. The first kappa shape index (κ1) is 14.6. The lowest BCUT2D eigenvalue weighted by Crippen LogP contribution is -2.13. The maximum atomic E-state index is 13.2. The highest BCUT2D eigenvalue weighted by Crippen LogP contribution is 2.31. The zero-order valence-electron chi connectivity index (χ0n) is 12.6. The lowest BCUT2D eigenvalue weighted by Gasteiger charge is -2.06. The Labute approximate surface area is 140 Å². The number of imidazole rings is 1. The normalized spacial score (nSPS) is 11.1. The van der Waals surface area contributed by atoms with Gasteiger partial charge in [-0.3, -0.25) is 9.20 Å². The van der Waals surface area contributed by atoms with Crippen LogP contribution in [-0.2, 0) is 0 Å². The van der Waals surface area contributed by atoms with Gasteiger partial charge in [-0.2, -0.15) is 0 Å². The van der Waals surface area contributed by atoms with Gasteiger partial charge in [-0.05, 0) is 43.3 Å². The number of nitrogens with zero attached hydrogens (tertiary/aromatic N) is 2. The van der Waals surface area contributed by atoms with Crippen LogP contribution in [0.1, 0.15) is 16.3 Å². The van der Waals surface area contributed by atoms with E-state index in [0.717, 1.165) is 10.5 Å². The molecule has 0 aliphatic rings. The molecule has 1 aromatic carbocycles. The van der Waals surface area contributed by atoms with Crippen molar-refractivity contribution in [2.45, 2.75) is 6.92 Å². The Balaban J connectivity index is 1.78. The highest BCUT2D eigenvalue weighted by molar-refractivity contribution is 7.15. The minimum atomic E-state index is -0.362. The summed E-state index contributed by atoms with van der Waals surface area (Å²) in [7, 11) is 0. The number of carbonyl (C=O) groups is 1. The summed E-state index contributed by atoms with van der Waals surface area (Å²) in [5, 5.41) is 4.72. The van der Waals surface area contributed by atoms with Crippen LogP contribution in [0, 0.1) is 12.7 Å². The third kappa shape index (κ3) is 2.48. The molecule has 4 rings (SSSR count). The number of furan rings is 1. The van der Waals surface area contributed by atoms with E-state index >= 15 is 0 Å². The number of aromatic nitrogens is 2. The third-order valence-electron chi connectivity index (χ3n) is 3.58. The number of benzene rings is 1. The van der Waals surface area contributed by atoms with Gasteiger partial charge in [0, 0.05) is 17.1 Å². The molecule has 0 aliphatic carbocycles. The van der Waals surface area contributed by atoms with E-state index in [0.29, 0.717) is 17.3 Å². The Kier molecular flexibility index (Phi) is 3.42. The van der Waals surface area contributed by atoms with Crippen LogP contribution < -0.4 is 5.32 Å². The largest absolute Gasteiger partial charge is 0.456 e. The summed E-state index contributed by atoms with van der Waals surface area (Å²) in [6.45, 7) is 1.77. The molecule has 7 heteroatoms. The van der Waals surface area contributed by atoms with E-state index in [4.69, 9.17) is 4.42 Å². The molecule has 1 N–H and O–H groups in total. The van der Waals surface area contributed by atoms with E-state index < -0.39 is 0 Å². The number of hydrogen-bond acceptors (Lipinski definition) is 4. The molecule has 0 spiro atoms. The van der Waals surface area contributed by atoms with E-state index in [1.165, 1.54) is 23.5 Å². The lowest BCUT2D eigenvalue weighted by molar-refractivity contribution is 0.0995. The van der Waals surface area contributed by atoms with Crippen molar-refractivity contribution in [1.82, 2.24) is 9.38 Å². The van der Waals surface area contributed by atoms with Crippen LogP contribution in [0.25, 0.3) is 16.2 Å². The number of hydrogen-bond donors (Lipinski definition) is 1. The van der Waals surface area contributed by atoms with Gasteiger partial charge in [-0.15, -0.1) is 11.3 Å². The Morgan fingerprint density at radius 1 is 1.25 bits per heavy atom. The van der Waals surface area contributed by atoms with Crippen molar-refractivity contribution >= 4 is 28.0 Å². The van der Waals surface area contributed by atoms with Crippen LogP contribution in [0.2, 0.25) is 0 Å². The average Bonchev–Trinajstić information content (AvgIpc) is 3.26. The minimum Gasteiger partial charge on any atom is -0.456 e. The van der Waals surface area contributed by atoms with E-state index in [-0.39, 0.29) is 17.5 Å². The summed E-state index contributed by atoms with van der Waals surface area (Å²) in [6, 6.07) is 9.35. The van der Waals surface area contributed by atoms with Crippen molar-refractivity contribution in [3.05, 3.63) is 65.3 Å². The van der Waals surface area contributed by atoms with Gasteiger partial charge in [-0.25, -0.2) is 9.37 Å². The van der Waals surface area contributed by atoms with Gasteiger partial charge in [-0.1, -0.05) is 0 Å². The fourth-order valence-electron chi connectivity index (χ4n) is 2.44. The summed E-state index contributed by atoms with van der Waals surface area (Å²) < 4.78 is 20.3. The summed E-state index contributed by atoms with van der Waals surface area (Å²) in [5.41, 5.74) is 1.30. The fourth-order valence-corrected chi connectivity index (χ4v) is 3.15. The van der Waals surface area contributed by atoms with E-state index in [2.05, 4.69) is 10.3 Å². The van der Waals surface area contributed by atoms with Gasteiger partial charge in [0.1, 0.15) is 23.1 Å². The van der Waals surface area contributed by atoms with Crippen molar-refractivity contribution in [3.63, 3.8) is 0 Å². The van der Waals surface area contributed by atoms with Gasteiger partial charge in [0.15, 0.2) is 10.7 Å². The van der Waals surface area contributed by atoms with E-state index in [1.54, 1.807) is 35.6 Å². The SMILES string of the molecule is Cc1ccc(C(=O)Nc2c(-c3ccc(F)cc3)nc3sccn23)o1. The Hall–Kier alpha value is -2.93. The molecule has 1 amide bonds. The third-order valence-corrected chi connectivity index (χ3v) is 4.33. The van der Waals surface area contributed by atoms with Gasteiger partial charge >= 0.3 is 0 Å². The molecule has 0 unspecified atom stereocenters. The van der Waals surface area contributed by atoms with Gasteiger partial charge in [0.2, 0.25) is 0 Å². The number of fused-ring (bicyclic) bond motifs is 1. The van der Waals surface area contributed by atoms with Crippen molar-refractivity contribution in [2.24, 2.45) is 0 Å². The molecule has 0 bridgehead atoms. The molecule has 24 heavy (non-hydrogen) atoms. The predicted octanol–water partition coefficient (Wildman–Crippen LogP) is 4.36. The molecule has 0 saturated heterocycles. The number of rotatable bonds is 3. The van der Waals surface area contributed by atoms with E-state index in [9.17, 15) is 9.18 Å². The summed E-state index contributed by atoms with van der Waals surface area (Å²) >= 11 is 1.45. The van der Waals surface area contributed by atoms with Gasteiger partial charge < -0.3 is 9.73 Å². The molecule has 0 aliphatic heterocycles. The standard InChI is InChI=1S/C17H12FN3O2S/c1-10-2-7-13(23-10)16(22)20-15-14(11-3-5-12(18)6-4-11)19-17-21(15)8-9-24-17/h2-9H,1H3,(H,20,22). The number of nitrogens with one attached hydrogen (secondary N) is 1. The van der Waals surface area contributed by atoms with Crippen molar-refractivity contribution in [1.29, 1.82) is 0 Å². The molecule has 120 valence electrons. The molecular formula is C17H12FN3O2S. The Morgan fingerprint density at radius 2 is 2.04 bits per heavy atom. The first-order valence-electron chi connectivity index (χ1n) is 7.21. The molecule has 0 fully saturated rings. The molecule has 0 atom stereocenters. The lowest BCUT2D eigenvalue weighted by atomic mass is 10.1. The second-order valence-corrected chi connectivity index (χ2v) is 6.11. The second kappa shape index (κ2) is 5.61. The zero-order valence-corrected chi connectivity index (χ0v) is 13.4. The number of amides is 1. The predicted molar refractivity (Wildman–Crippen MR) is 89.9 cm³/mol. The van der Waals surface area contributed by atoms with Crippen LogP contribution in [-0.4, -0.2) is 15.3 Å². The monoisotopic (exact) mass is 341 g/mol. The van der Waals surface area contributed by atoms with Gasteiger partial charge in [0.05, 0.1) is 0 Å². The molecule has 3 heterocycles. The first-order valence-corrected chi connectivity index (χ1v) is 8.09. The number of thiazole rings is 1. The maximum absolute atomic E-state index is 13.2. The van der Waals surface area contributed by atoms with Crippen LogP contribution in [0.3, 0.4) is 0 Å². The smallest absolute Gasteiger partial charge is 0.292 e. The summed E-state index contributed by atoms with van der Waals surface area (Å²) in [4.78, 5) is 17.7. The quantitative estimate of drug-likeness (QED) is 0.602. The molecular weight excluding hydrogens is 329 g/mol. The number of halogens is 1. The number of aryl methyl sites for hydroxylation is 1. The topological polar surface area (TPSA) is 59.5 Å². The highest BCUT2D eigenvalue weighted by atomic mass is 32.1. The summed E-state index contributed by atoms with van der Waals surface area (Å²) in [6.07, 6.45) is 1.82. The van der Waals surface area contributed by atoms with Crippen LogP contribution in [0.4, 0.5) is 10.2 Å². The Bertz CT molecular complexity index is 1030. The van der Waals surface area contributed by atoms with Crippen LogP contribution in [0.15, 0.2) is 52.4 Å².